The van der Waals surface area contributed by atoms with Gasteiger partial charge in [-0.05, 0) is 88.1 Å². The first kappa shape index (κ1) is 32.2. The van der Waals surface area contributed by atoms with Gasteiger partial charge in [0.15, 0.2) is 0 Å². The molecule has 3 aliphatic rings. The molecular formula is C51H43NS. The van der Waals surface area contributed by atoms with E-state index in [2.05, 4.69) is 176 Å². The summed E-state index contributed by atoms with van der Waals surface area (Å²) >= 11 is 1.89. The Morgan fingerprint density at radius 1 is 0.547 bits per heavy atom. The minimum atomic E-state index is 0.321. The molecule has 10 rings (SSSR count). The Morgan fingerprint density at radius 3 is 1.98 bits per heavy atom. The number of rotatable bonds is 6. The summed E-state index contributed by atoms with van der Waals surface area (Å²) in [5, 5.41) is 5.41. The molecule has 6 aromatic carbocycles. The van der Waals surface area contributed by atoms with E-state index in [9.17, 15) is 0 Å². The molecule has 1 saturated carbocycles. The lowest BCUT2D eigenvalue weighted by molar-refractivity contribution is 0.445. The number of allylic oxidation sites excluding steroid dienone is 7. The molecule has 7 aromatic rings. The van der Waals surface area contributed by atoms with Crippen LogP contribution in [-0.2, 0) is 0 Å². The molecule has 258 valence electrons. The van der Waals surface area contributed by atoms with Gasteiger partial charge in [0.2, 0.25) is 0 Å². The molecule has 1 nitrogen and oxygen atoms in total. The number of benzene rings is 6. The third-order valence-electron chi connectivity index (χ3n) is 12.0. The van der Waals surface area contributed by atoms with Crippen LogP contribution in [0.5, 0.6) is 0 Å². The molecule has 3 aliphatic carbocycles. The van der Waals surface area contributed by atoms with Crippen LogP contribution >= 0.6 is 11.3 Å². The van der Waals surface area contributed by atoms with Crippen LogP contribution in [0, 0.1) is 11.8 Å². The van der Waals surface area contributed by atoms with Crippen LogP contribution in [-0.4, -0.2) is 0 Å². The predicted molar refractivity (Wildman–Crippen MR) is 229 cm³/mol. The smallest absolute Gasteiger partial charge is 0.0540 e. The average molecular weight is 702 g/mol. The molecular weight excluding hydrogens is 659 g/mol. The van der Waals surface area contributed by atoms with E-state index in [0.29, 0.717) is 17.8 Å². The predicted octanol–water partition coefficient (Wildman–Crippen LogP) is 14.9. The van der Waals surface area contributed by atoms with E-state index >= 15 is 0 Å². The first-order valence-electron chi connectivity index (χ1n) is 19.4. The fraction of sp³-hybridized carbons (Fsp3) is 0.176. The Morgan fingerprint density at radius 2 is 1.19 bits per heavy atom. The van der Waals surface area contributed by atoms with Crippen molar-refractivity contribution in [2.75, 3.05) is 4.90 Å². The molecule has 0 spiro atoms. The molecule has 2 unspecified atom stereocenters. The molecule has 0 amide bonds. The Hall–Kier alpha value is -5.44. The minimum absolute atomic E-state index is 0.321. The quantitative estimate of drug-likeness (QED) is 0.167. The summed E-state index contributed by atoms with van der Waals surface area (Å²) in [4.78, 5) is 2.59. The maximum Gasteiger partial charge on any atom is 0.0540 e. The highest BCUT2D eigenvalue weighted by Crippen LogP contribution is 2.50. The molecule has 1 aromatic heterocycles. The Bertz CT molecular complexity index is 2640. The second-order valence-corrected chi connectivity index (χ2v) is 16.1. The van der Waals surface area contributed by atoms with E-state index in [4.69, 9.17) is 0 Å². The molecule has 1 fully saturated rings. The third-order valence-corrected chi connectivity index (χ3v) is 13.1. The van der Waals surface area contributed by atoms with Crippen LogP contribution in [0.15, 0.2) is 175 Å². The van der Waals surface area contributed by atoms with Crippen LogP contribution in [0.3, 0.4) is 0 Å². The van der Waals surface area contributed by atoms with Crippen molar-refractivity contribution in [1.82, 2.24) is 0 Å². The number of thiophene rings is 1. The topological polar surface area (TPSA) is 3.24 Å². The normalized spacial score (nSPS) is 18.7. The molecule has 0 radical (unpaired) electrons. The molecule has 1 heterocycles. The van der Waals surface area contributed by atoms with Gasteiger partial charge in [-0.15, -0.1) is 11.3 Å². The largest absolute Gasteiger partial charge is 0.309 e. The lowest BCUT2D eigenvalue weighted by atomic mass is 9.79. The maximum atomic E-state index is 2.59. The number of para-hydroxylation sites is 2. The Labute approximate surface area is 316 Å². The van der Waals surface area contributed by atoms with Crippen molar-refractivity contribution >= 4 is 53.7 Å². The summed E-state index contributed by atoms with van der Waals surface area (Å²) in [6.07, 6.45) is 20.5. The van der Waals surface area contributed by atoms with Gasteiger partial charge >= 0.3 is 0 Å². The van der Waals surface area contributed by atoms with Crippen molar-refractivity contribution in [2.45, 2.75) is 44.9 Å². The van der Waals surface area contributed by atoms with Crippen molar-refractivity contribution < 1.29 is 0 Å². The van der Waals surface area contributed by atoms with Crippen molar-refractivity contribution in [2.24, 2.45) is 11.8 Å². The molecule has 53 heavy (non-hydrogen) atoms. The second-order valence-electron chi connectivity index (χ2n) is 15.1. The highest BCUT2D eigenvalue weighted by molar-refractivity contribution is 7.25. The zero-order chi connectivity index (χ0) is 35.3. The van der Waals surface area contributed by atoms with Crippen LogP contribution < -0.4 is 4.90 Å². The van der Waals surface area contributed by atoms with Gasteiger partial charge in [-0.2, -0.15) is 0 Å². The minimum Gasteiger partial charge on any atom is -0.309 e. The van der Waals surface area contributed by atoms with Gasteiger partial charge < -0.3 is 4.90 Å². The lowest BCUT2D eigenvalue weighted by Gasteiger charge is -2.37. The van der Waals surface area contributed by atoms with E-state index in [1.807, 2.05) is 11.3 Å². The number of anilines is 2. The van der Waals surface area contributed by atoms with Crippen molar-refractivity contribution in [1.29, 1.82) is 0 Å². The molecule has 2 heteroatoms. The maximum absolute atomic E-state index is 2.59. The molecule has 0 saturated heterocycles. The SMILES string of the molecule is CC1C=CC(N(c2ccccc2-c2cccc3cccc(C4CCCCC4)c23)c2ccccc2-c2cccc3sc4ccccc4c23)=C2C=CC=CC21. The van der Waals surface area contributed by atoms with Gasteiger partial charge in [-0.25, -0.2) is 0 Å². The first-order chi connectivity index (χ1) is 26.2. The van der Waals surface area contributed by atoms with Crippen LogP contribution in [0.1, 0.15) is 50.5 Å². The Balaban J connectivity index is 1.26. The summed E-state index contributed by atoms with van der Waals surface area (Å²) in [6, 6.07) is 47.9. The van der Waals surface area contributed by atoms with Gasteiger partial charge in [0.25, 0.3) is 0 Å². The van der Waals surface area contributed by atoms with Crippen LogP contribution in [0.2, 0.25) is 0 Å². The van der Waals surface area contributed by atoms with Crippen molar-refractivity contribution in [3.05, 3.63) is 181 Å². The molecule has 2 atom stereocenters. The number of nitrogens with zero attached hydrogens (tertiary/aromatic N) is 1. The molecule has 0 aliphatic heterocycles. The van der Waals surface area contributed by atoms with E-state index < -0.39 is 0 Å². The first-order valence-corrected chi connectivity index (χ1v) is 20.2. The van der Waals surface area contributed by atoms with Crippen molar-refractivity contribution in [3.8, 4) is 22.3 Å². The highest BCUT2D eigenvalue weighted by atomic mass is 32.1. The Kier molecular flexibility index (Phi) is 8.22. The summed E-state index contributed by atoms with van der Waals surface area (Å²) in [5.74, 6) is 1.34. The summed E-state index contributed by atoms with van der Waals surface area (Å²) < 4.78 is 2.65. The lowest BCUT2D eigenvalue weighted by Crippen LogP contribution is -2.25. The number of hydrogen-bond acceptors (Lipinski definition) is 2. The molecule has 0 N–H and O–H groups in total. The zero-order valence-corrected chi connectivity index (χ0v) is 31.0. The van der Waals surface area contributed by atoms with Gasteiger partial charge in [-0.1, -0.05) is 160 Å². The van der Waals surface area contributed by atoms with Gasteiger partial charge in [0.05, 0.1) is 11.4 Å². The molecule has 0 bridgehead atoms. The summed E-state index contributed by atoms with van der Waals surface area (Å²) in [5.41, 5.74) is 11.6. The fourth-order valence-corrected chi connectivity index (χ4v) is 10.6. The number of fused-ring (bicyclic) bond motifs is 5. The van der Waals surface area contributed by atoms with E-state index in [0.717, 1.165) is 0 Å². The highest BCUT2D eigenvalue weighted by Gasteiger charge is 2.30. The van der Waals surface area contributed by atoms with Crippen LogP contribution in [0.4, 0.5) is 11.4 Å². The van der Waals surface area contributed by atoms with E-state index in [1.54, 1.807) is 0 Å². The average Bonchev–Trinajstić information content (AvgIpc) is 3.61. The summed E-state index contributed by atoms with van der Waals surface area (Å²) in [7, 11) is 0. The number of hydrogen-bond donors (Lipinski definition) is 0. The summed E-state index contributed by atoms with van der Waals surface area (Å²) in [6.45, 7) is 2.35. The van der Waals surface area contributed by atoms with Gasteiger partial charge in [0.1, 0.15) is 0 Å². The fourth-order valence-electron chi connectivity index (χ4n) is 9.46. The standard InChI is InChI=1S/C51H43NS/c1-34-32-33-47(39-21-6-5-20-37(34)39)52(46-29-11-8-23-41(46)43-27-15-31-49-51(43)44-24-9-12-30-48(44)53-49)45-28-10-7-22-40(45)42-26-14-19-36-18-13-25-38(50(36)42)35-16-3-2-4-17-35/h5-15,18-35,37H,2-4,16-17H2,1H3. The second kappa shape index (κ2) is 13.5. The van der Waals surface area contributed by atoms with Gasteiger partial charge in [0, 0.05) is 42.9 Å². The third kappa shape index (κ3) is 5.51. The van der Waals surface area contributed by atoms with Crippen molar-refractivity contribution in [3.63, 3.8) is 0 Å². The van der Waals surface area contributed by atoms with Crippen LogP contribution in [0.25, 0.3) is 53.2 Å². The monoisotopic (exact) mass is 701 g/mol. The van der Waals surface area contributed by atoms with E-state index in [-0.39, 0.29) is 0 Å². The zero-order valence-electron chi connectivity index (χ0n) is 30.2. The van der Waals surface area contributed by atoms with E-state index in [1.165, 1.54) is 114 Å². The van der Waals surface area contributed by atoms with Gasteiger partial charge in [-0.3, -0.25) is 0 Å².